The van der Waals surface area contributed by atoms with Crippen molar-refractivity contribution in [3.05, 3.63) is 0 Å². The minimum Gasteiger partial charge on any atom is -0.381 e. The Kier molecular flexibility index (Phi) is 5.35. The van der Waals surface area contributed by atoms with Crippen LogP contribution in [0.1, 0.15) is 0 Å². The van der Waals surface area contributed by atoms with Crippen molar-refractivity contribution >= 4 is 0 Å². The number of hydrogen-bond donors (Lipinski definition) is 3. The second-order valence-electron chi connectivity index (χ2n) is 3.11. The number of aliphatic hydroxyl groups excluding tert-OH is 1. The maximum Gasteiger partial charge on any atom is 0.0932 e. The van der Waals surface area contributed by atoms with Crippen LogP contribution in [0.5, 0.6) is 0 Å². The van der Waals surface area contributed by atoms with Gasteiger partial charge in [0.2, 0.25) is 0 Å². The maximum atomic E-state index is 8.33. The van der Waals surface area contributed by atoms with Gasteiger partial charge < -0.3 is 5.11 Å². The topological polar surface area (TPSA) is 53.5 Å². The molecule has 68 valence electrons. The van der Waals surface area contributed by atoms with Gasteiger partial charge >= 0.3 is 0 Å². The molecule has 0 radical (unpaired) electrons. The van der Waals surface area contributed by atoms with E-state index in [4.69, 9.17) is 9.94 Å². The van der Waals surface area contributed by atoms with Gasteiger partial charge in [-0.25, -0.2) is 4.59 Å². The molecule has 0 aromatic rings. The molecular formula is C6H18N3O2+. The second kappa shape index (κ2) is 5.45. The molecule has 0 amide bonds. The van der Waals surface area contributed by atoms with Crippen molar-refractivity contribution in [2.75, 3.05) is 41.0 Å². The molecule has 0 aromatic carbocycles. The lowest BCUT2D eigenvalue weighted by Gasteiger charge is -2.22. The van der Waals surface area contributed by atoms with Crippen LogP contribution in [-0.2, 0) is 4.84 Å². The molecule has 0 spiro atoms. The summed E-state index contributed by atoms with van der Waals surface area (Å²) in [6.45, 7) is 1.17. The zero-order valence-electron chi connectivity index (χ0n) is 7.42. The third-order valence-electron chi connectivity index (χ3n) is 0.831. The summed E-state index contributed by atoms with van der Waals surface area (Å²) < 4.78 is 0.555. The lowest BCUT2D eigenvalue weighted by Crippen LogP contribution is -2.48. The third-order valence-corrected chi connectivity index (χ3v) is 0.831. The van der Waals surface area contributed by atoms with Crippen LogP contribution in [0.2, 0.25) is 0 Å². The van der Waals surface area contributed by atoms with Crippen molar-refractivity contribution in [3.63, 3.8) is 0 Å². The van der Waals surface area contributed by atoms with E-state index >= 15 is 0 Å². The molecule has 0 aliphatic heterocycles. The first-order chi connectivity index (χ1) is 5.06. The summed E-state index contributed by atoms with van der Waals surface area (Å²) in [6.07, 6.45) is 0. The molecule has 0 unspecified atom stereocenters. The van der Waals surface area contributed by atoms with Gasteiger partial charge in [0.15, 0.2) is 0 Å². The van der Waals surface area contributed by atoms with Crippen molar-refractivity contribution in [2.45, 2.75) is 0 Å². The Hall–Kier alpha value is -0.200. The second-order valence-corrected chi connectivity index (χ2v) is 3.11. The van der Waals surface area contributed by atoms with Gasteiger partial charge in [0.05, 0.1) is 34.5 Å². The van der Waals surface area contributed by atoms with E-state index < -0.39 is 0 Å². The summed E-state index contributed by atoms with van der Waals surface area (Å²) in [4.78, 5) is 5.05. The molecule has 0 aromatic heterocycles. The average molecular weight is 164 g/mol. The SMILES string of the molecule is C[N+](C)(C)NOCCNCO. The standard InChI is InChI=1S/C6H18N3O2/c1-9(2,3)8-11-5-4-7-6-10/h7-8,10H,4-6H2,1-3H3/q+1. The van der Waals surface area contributed by atoms with Crippen molar-refractivity contribution in [1.29, 1.82) is 0 Å². The summed E-state index contributed by atoms with van der Waals surface area (Å²) in [7, 11) is 5.87. The fourth-order valence-electron chi connectivity index (χ4n) is 0.442. The van der Waals surface area contributed by atoms with Crippen LogP contribution in [-0.4, -0.2) is 50.7 Å². The van der Waals surface area contributed by atoms with Gasteiger partial charge in [-0.1, -0.05) is 0 Å². The fourth-order valence-corrected chi connectivity index (χ4v) is 0.442. The molecule has 11 heavy (non-hydrogen) atoms. The highest BCUT2D eigenvalue weighted by molar-refractivity contribution is 4.33. The van der Waals surface area contributed by atoms with Gasteiger partial charge in [0.25, 0.3) is 0 Å². The van der Waals surface area contributed by atoms with Crippen LogP contribution in [0.15, 0.2) is 0 Å². The first-order valence-corrected chi connectivity index (χ1v) is 3.58. The van der Waals surface area contributed by atoms with Crippen LogP contribution < -0.4 is 10.9 Å². The molecule has 0 fully saturated rings. The van der Waals surface area contributed by atoms with E-state index in [1.807, 2.05) is 21.1 Å². The number of nitrogens with zero attached hydrogens (tertiary/aromatic N) is 1. The van der Waals surface area contributed by atoms with Crippen molar-refractivity contribution in [2.24, 2.45) is 0 Å². The Morgan fingerprint density at radius 3 is 2.45 bits per heavy atom. The Morgan fingerprint density at radius 2 is 2.00 bits per heavy atom. The lowest BCUT2D eigenvalue weighted by atomic mass is 10.7. The van der Waals surface area contributed by atoms with Gasteiger partial charge in [0.1, 0.15) is 0 Å². The molecule has 0 aliphatic carbocycles. The van der Waals surface area contributed by atoms with Gasteiger partial charge in [-0.3, -0.25) is 10.2 Å². The summed E-state index contributed by atoms with van der Waals surface area (Å²) in [5.74, 6) is 0. The van der Waals surface area contributed by atoms with E-state index in [2.05, 4.69) is 10.9 Å². The molecule has 0 saturated heterocycles. The summed E-state index contributed by atoms with van der Waals surface area (Å²) >= 11 is 0. The molecule has 0 heterocycles. The monoisotopic (exact) mass is 164 g/mol. The van der Waals surface area contributed by atoms with Crippen LogP contribution in [0, 0.1) is 0 Å². The highest BCUT2D eigenvalue weighted by Crippen LogP contribution is 1.80. The molecule has 0 atom stereocenters. The fraction of sp³-hybridized carbons (Fsp3) is 1.00. The maximum absolute atomic E-state index is 8.33. The minimum atomic E-state index is -0.00622. The van der Waals surface area contributed by atoms with Crippen LogP contribution in [0.4, 0.5) is 0 Å². The summed E-state index contributed by atoms with van der Waals surface area (Å²) in [5.41, 5.74) is 2.80. The number of quaternary nitrogens is 1. The van der Waals surface area contributed by atoms with Crippen LogP contribution >= 0.6 is 0 Å². The molecule has 5 heteroatoms. The highest BCUT2D eigenvalue weighted by atomic mass is 16.7. The number of aliphatic hydroxyl groups is 1. The van der Waals surface area contributed by atoms with Gasteiger partial charge in [0, 0.05) is 6.54 Å². The van der Waals surface area contributed by atoms with Crippen LogP contribution in [0.25, 0.3) is 0 Å². The van der Waals surface area contributed by atoms with Crippen LogP contribution in [0.3, 0.4) is 0 Å². The number of hydrogen-bond acceptors (Lipinski definition) is 4. The molecule has 0 bridgehead atoms. The van der Waals surface area contributed by atoms with Gasteiger partial charge in [-0.15, -0.1) is 0 Å². The quantitative estimate of drug-likeness (QED) is 0.197. The number of nitrogens with one attached hydrogen (secondary N) is 2. The smallest absolute Gasteiger partial charge is 0.0932 e. The molecular weight excluding hydrogens is 146 g/mol. The Morgan fingerprint density at radius 1 is 1.36 bits per heavy atom. The Labute approximate surface area is 67.5 Å². The molecule has 3 N–H and O–H groups in total. The van der Waals surface area contributed by atoms with E-state index in [1.165, 1.54) is 0 Å². The zero-order chi connectivity index (χ0) is 8.74. The Balaban J connectivity index is 3.02. The largest absolute Gasteiger partial charge is 0.381 e. The number of rotatable bonds is 6. The van der Waals surface area contributed by atoms with E-state index in [1.54, 1.807) is 0 Å². The molecule has 0 rings (SSSR count). The first kappa shape index (κ1) is 10.8. The predicted molar refractivity (Wildman–Crippen MR) is 42.2 cm³/mol. The van der Waals surface area contributed by atoms with Gasteiger partial charge in [-0.05, 0) is 5.59 Å². The summed E-state index contributed by atoms with van der Waals surface area (Å²) in [6, 6.07) is 0. The minimum absolute atomic E-state index is 0.00622. The van der Waals surface area contributed by atoms with E-state index in [0.29, 0.717) is 17.7 Å². The highest BCUT2D eigenvalue weighted by Gasteiger charge is 2.04. The average Bonchev–Trinajstić information content (AvgIpc) is 1.85. The van der Waals surface area contributed by atoms with E-state index in [-0.39, 0.29) is 6.73 Å². The van der Waals surface area contributed by atoms with Crippen molar-refractivity contribution < 1.29 is 14.5 Å². The normalized spacial score (nSPS) is 12.0. The Bertz CT molecular complexity index is 92.3. The van der Waals surface area contributed by atoms with Gasteiger partial charge in [-0.2, -0.15) is 0 Å². The molecule has 5 nitrogen and oxygen atoms in total. The predicted octanol–water partition coefficient (Wildman–Crippen LogP) is -1.33. The molecule has 0 saturated carbocycles. The third kappa shape index (κ3) is 9.80. The zero-order valence-corrected chi connectivity index (χ0v) is 7.42. The summed E-state index contributed by atoms with van der Waals surface area (Å²) in [5, 5.41) is 11.1. The molecule has 0 aliphatic rings. The van der Waals surface area contributed by atoms with E-state index in [0.717, 1.165) is 0 Å². The first-order valence-electron chi connectivity index (χ1n) is 3.58. The van der Waals surface area contributed by atoms with Crippen molar-refractivity contribution in [3.8, 4) is 0 Å². The van der Waals surface area contributed by atoms with E-state index in [9.17, 15) is 0 Å². The van der Waals surface area contributed by atoms with Crippen molar-refractivity contribution in [1.82, 2.24) is 10.9 Å². The lowest BCUT2D eigenvalue weighted by molar-refractivity contribution is -0.944.